The van der Waals surface area contributed by atoms with E-state index in [9.17, 15) is 9.59 Å². The molecule has 7 heteroatoms. The van der Waals surface area contributed by atoms with Crippen LogP contribution in [-0.4, -0.2) is 67.6 Å². The SMILES string of the molecule is COc1ccc(C(=O)N(C)C2CN(C(=O)C3(COC(C)C)CC3)C2)o1. The predicted molar refractivity (Wildman–Crippen MR) is 90.5 cm³/mol. The summed E-state index contributed by atoms with van der Waals surface area (Å²) in [6.07, 6.45) is 1.91. The molecule has 7 nitrogen and oxygen atoms in total. The van der Waals surface area contributed by atoms with Gasteiger partial charge >= 0.3 is 0 Å². The molecular weight excluding hydrogens is 324 g/mol. The largest absolute Gasteiger partial charge is 0.468 e. The minimum absolute atomic E-state index is 0.00867. The molecule has 1 aromatic heterocycles. The third-order valence-electron chi connectivity index (χ3n) is 5.01. The number of likely N-dealkylation sites (tertiary alicyclic amines) is 1. The van der Waals surface area contributed by atoms with Gasteiger partial charge in [-0.3, -0.25) is 9.59 Å². The first-order chi connectivity index (χ1) is 11.9. The van der Waals surface area contributed by atoms with Gasteiger partial charge in [-0.2, -0.15) is 0 Å². The maximum Gasteiger partial charge on any atom is 0.289 e. The first-order valence-electron chi connectivity index (χ1n) is 8.68. The molecule has 0 bridgehead atoms. The van der Waals surface area contributed by atoms with Crippen molar-refractivity contribution in [2.24, 2.45) is 5.41 Å². The van der Waals surface area contributed by atoms with E-state index in [0.717, 1.165) is 12.8 Å². The lowest BCUT2D eigenvalue weighted by Crippen LogP contribution is -2.62. The van der Waals surface area contributed by atoms with Crippen LogP contribution in [0.3, 0.4) is 0 Å². The van der Waals surface area contributed by atoms with Crippen molar-refractivity contribution in [3.05, 3.63) is 17.9 Å². The minimum Gasteiger partial charge on any atom is -0.468 e. The molecule has 0 radical (unpaired) electrons. The van der Waals surface area contributed by atoms with Crippen LogP contribution in [0, 0.1) is 5.41 Å². The molecule has 0 N–H and O–H groups in total. The van der Waals surface area contributed by atoms with Gasteiger partial charge in [0.15, 0.2) is 5.76 Å². The van der Waals surface area contributed by atoms with Crippen LogP contribution >= 0.6 is 0 Å². The molecule has 2 fully saturated rings. The Bertz CT molecular complexity index is 644. The first-order valence-corrected chi connectivity index (χ1v) is 8.68. The maximum atomic E-state index is 12.7. The van der Waals surface area contributed by atoms with Crippen LogP contribution in [-0.2, 0) is 9.53 Å². The summed E-state index contributed by atoms with van der Waals surface area (Å²) in [5.41, 5.74) is -0.327. The molecular formula is C18H26N2O5. The van der Waals surface area contributed by atoms with E-state index in [4.69, 9.17) is 13.9 Å². The number of nitrogens with zero attached hydrogens (tertiary/aromatic N) is 2. The van der Waals surface area contributed by atoms with Gasteiger partial charge in [0.25, 0.3) is 11.9 Å². The fraction of sp³-hybridized carbons (Fsp3) is 0.667. The molecule has 3 rings (SSSR count). The van der Waals surface area contributed by atoms with Gasteiger partial charge in [0.1, 0.15) is 0 Å². The highest BCUT2D eigenvalue weighted by Crippen LogP contribution is 2.48. The number of rotatable bonds is 7. The lowest BCUT2D eigenvalue weighted by molar-refractivity contribution is -0.146. The fourth-order valence-corrected chi connectivity index (χ4v) is 2.98. The second-order valence-corrected chi connectivity index (χ2v) is 7.24. The molecule has 2 heterocycles. The number of likely N-dealkylation sites (N-methyl/N-ethyl adjacent to an activating group) is 1. The molecule has 0 spiro atoms. The summed E-state index contributed by atoms with van der Waals surface area (Å²) < 4.78 is 15.9. The Hall–Kier alpha value is -2.02. The second kappa shape index (κ2) is 6.71. The molecule has 2 amide bonds. The summed E-state index contributed by atoms with van der Waals surface area (Å²) in [5, 5.41) is 0. The van der Waals surface area contributed by atoms with E-state index in [2.05, 4.69) is 0 Å². The third-order valence-corrected chi connectivity index (χ3v) is 5.01. The van der Waals surface area contributed by atoms with Crippen molar-refractivity contribution >= 4 is 11.8 Å². The Balaban J connectivity index is 1.51. The lowest BCUT2D eigenvalue weighted by Gasteiger charge is -2.45. The van der Waals surface area contributed by atoms with Gasteiger partial charge in [-0.15, -0.1) is 0 Å². The zero-order valence-electron chi connectivity index (χ0n) is 15.3. The molecule has 1 aromatic rings. The summed E-state index contributed by atoms with van der Waals surface area (Å²) in [7, 11) is 3.22. The van der Waals surface area contributed by atoms with Crippen molar-refractivity contribution in [2.75, 3.05) is 33.9 Å². The van der Waals surface area contributed by atoms with E-state index in [0.29, 0.717) is 25.6 Å². The molecule has 1 saturated carbocycles. The van der Waals surface area contributed by atoms with Crippen molar-refractivity contribution in [1.82, 2.24) is 9.80 Å². The topological polar surface area (TPSA) is 72.2 Å². The number of carbonyl (C=O) groups is 2. The van der Waals surface area contributed by atoms with E-state index in [1.54, 1.807) is 24.1 Å². The zero-order chi connectivity index (χ0) is 18.2. The van der Waals surface area contributed by atoms with Crippen LogP contribution in [0.1, 0.15) is 37.2 Å². The van der Waals surface area contributed by atoms with E-state index < -0.39 is 0 Å². The number of furan rings is 1. The molecule has 25 heavy (non-hydrogen) atoms. The summed E-state index contributed by atoms with van der Waals surface area (Å²) in [4.78, 5) is 28.6. The Morgan fingerprint density at radius 1 is 1.36 bits per heavy atom. The van der Waals surface area contributed by atoms with Gasteiger partial charge in [-0.05, 0) is 32.8 Å². The van der Waals surface area contributed by atoms with Crippen LogP contribution in [0.25, 0.3) is 0 Å². The normalized spacial score (nSPS) is 18.8. The predicted octanol–water partition coefficient (Wildman–Crippen LogP) is 1.78. The first kappa shape index (κ1) is 17.8. The molecule has 0 aromatic carbocycles. The van der Waals surface area contributed by atoms with Gasteiger partial charge in [0.2, 0.25) is 5.91 Å². The molecule has 1 aliphatic carbocycles. The highest BCUT2D eigenvalue weighted by molar-refractivity contribution is 5.92. The Labute approximate surface area is 147 Å². The quantitative estimate of drug-likeness (QED) is 0.749. The average Bonchev–Trinajstić information content (AvgIpc) is 3.19. The van der Waals surface area contributed by atoms with Gasteiger partial charge in [-0.1, -0.05) is 0 Å². The van der Waals surface area contributed by atoms with E-state index in [1.807, 2.05) is 18.7 Å². The number of carbonyl (C=O) groups excluding carboxylic acids is 2. The number of ether oxygens (including phenoxy) is 2. The molecule has 2 aliphatic rings. The van der Waals surface area contributed by atoms with E-state index in [-0.39, 0.29) is 35.1 Å². The monoisotopic (exact) mass is 350 g/mol. The summed E-state index contributed by atoms with van der Waals surface area (Å²) >= 11 is 0. The second-order valence-electron chi connectivity index (χ2n) is 7.24. The number of amides is 2. The van der Waals surface area contributed by atoms with Crippen LogP contribution in [0.4, 0.5) is 0 Å². The van der Waals surface area contributed by atoms with Crippen molar-refractivity contribution in [3.8, 4) is 5.95 Å². The Kier molecular flexibility index (Phi) is 4.77. The van der Waals surface area contributed by atoms with E-state index in [1.165, 1.54) is 7.11 Å². The summed E-state index contributed by atoms with van der Waals surface area (Å²) in [6.45, 7) is 5.56. The van der Waals surface area contributed by atoms with Crippen molar-refractivity contribution in [1.29, 1.82) is 0 Å². The van der Waals surface area contributed by atoms with Crippen LogP contribution in [0.5, 0.6) is 5.95 Å². The highest BCUT2D eigenvalue weighted by Gasteiger charge is 2.54. The highest BCUT2D eigenvalue weighted by atomic mass is 16.6. The fourth-order valence-electron chi connectivity index (χ4n) is 2.98. The Morgan fingerprint density at radius 2 is 2.04 bits per heavy atom. The van der Waals surface area contributed by atoms with Crippen molar-refractivity contribution in [2.45, 2.75) is 38.8 Å². The standard InChI is InChI=1S/C18H26N2O5/c1-12(2)24-11-18(7-8-18)17(22)20-9-13(10-20)19(3)16(21)14-5-6-15(23-4)25-14/h5-6,12-13H,7-11H2,1-4H3. The molecule has 1 saturated heterocycles. The number of hydrogen-bond donors (Lipinski definition) is 0. The van der Waals surface area contributed by atoms with Crippen LogP contribution < -0.4 is 4.74 Å². The lowest BCUT2D eigenvalue weighted by atomic mass is 10.0. The van der Waals surface area contributed by atoms with E-state index >= 15 is 0 Å². The molecule has 138 valence electrons. The molecule has 1 aliphatic heterocycles. The van der Waals surface area contributed by atoms with Crippen LogP contribution in [0.2, 0.25) is 0 Å². The average molecular weight is 350 g/mol. The van der Waals surface area contributed by atoms with Crippen molar-refractivity contribution < 1.29 is 23.5 Å². The molecule has 0 atom stereocenters. The van der Waals surface area contributed by atoms with Gasteiger partial charge < -0.3 is 23.7 Å². The third kappa shape index (κ3) is 3.51. The Morgan fingerprint density at radius 3 is 2.56 bits per heavy atom. The van der Waals surface area contributed by atoms with Crippen molar-refractivity contribution in [3.63, 3.8) is 0 Å². The zero-order valence-corrected chi connectivity index (χ0v) is 15.3. The summed E-state index contributed by atoms with van der Waals surface area (Å²) in [6, 6.07) is 3.22. The van der Waals surface area contributed by atoms with Crippen LogP contribution in [0.15, 0.2) is 16.5 Å². The smallest absolute Gasteiger partial charge is 0.289 e. The number of methoxy groups -OCH3 is 1. The summed E-state index contributed by atoms with van der Waals surface area (Å²) in [5.74, 6) is 0.505. The van der Waals surface area contributed by atoms with Gasteiger partial charge in [0.05, 0.1) is 31.3 Å². The number of hydrogen-bond acceptors (Lipinski definition) is 5. The van der Waals surface area contributed by atoms with Gasteiger partial charge in [-0.25, -0.2) is 0 Å². The maximum absolute atomic E-state index is 12.7. The van der Waals surface area contributed by atoms with Gasteiger partial charge in [0, 0.05) is 26.2 Å². The molecule has 0 unspecified atom stereocenters. The minimum atomic E-state index is -0.327.